The van der Waals surface area contributed by atoms with Gasteiger partial charge in [-0.3, -0.25) is 4.79 Å². The first-order valence-corrected chi connectivity index (χ1v) is 10.1. The lowest BCUT2D eigenvalue weighted by Gasteiger charge is -2.09. The van der Waals surface area contributed by atoms with E-state index in [1.54, 1.807) is 24.3 Å². The molecule has 3 aromatic rings. The number of carbonyl (C=O) groups is 1. The number of thioether (sulfide) groups is 1. The van der Waals surface area contributed by atoms with E-state index in [1.807, 2.05) is 24.3 Å². The summed E-state index contributed by atoms with van der Waals surface area (Å²) in [5.74, 6) is -1.62. The lowest BCUT2D eigenvalue weighted by atomic mass is 10.0. The van der Waals surface area contributed by atoms with Crippen LogP contribution in [-0.2, 0) is 11.2 Å². The number of para-hydroxylation sites is 1. The van der Waals surface area contributed by atoms with E-state index in [2.05, 4.69) is 29.3 Å². The Morgan fingerprint density at radius 3 is 2.55 bits per heavy atom. The van der Waals surface area contributed by atoms with Gasteiger partial charge in [0.05, 0.1) is 5.69 Å². The van der Waals surface area contributed by atoms with Gasteiger partial charge in [-0.2, -0.15) is 13.8 Å². The first-order chi connectivity index (χ1) is 13.9. The normalized spacial score (nSPS) is 11.2. The molecule has 0 saturated carbocycles. The molecule has 29 heavy (non-hydrogen) atoms. The number of amides is 1. The van der Waals surface area contributed by atoms with Gasteiger partial charge in [0.1, 0.15) is 0 Å². The number of halogens is 2. The number of hydrogen-bond donors (Lipinski definition) is 1. The Morgan fingerprint density at radius 1 is 1.14 bits per heavy atom. The molecule has 0 bridgehead atoms. The number of alkyl halides is 2. The highest BCUT2D eigenvalue weighted by atomic mass is 32.2. The zero-order valence-electron chi connectivity index (χ0n) is 16.1. The molecule has 0 spiro atoms. The predicted molar refractivity (Wildman–Crippen MR) is 109 cm³/mol. The standard InChI is InChI=1S/C21H21F2N3O2S/c1-13(2)14-7-9-15(10-8-14)20-25-19(28-26-20)12-11-18(27)24-16-5-3-4-6-17(16)29-21(22)23/h3-10,13,21H,11-12H2,1-2H3,(H,24,27). The molecule has 1 aromatic heterocycles. The summed E-state index contributed by atoms with van der Waals surface area (Å²) >= 11 is 0.396. The molecule has 2 aromatic carbocycles. The highest BCUT2D eigenvalue weighted by molar-refractivity contribution is 7.99. The van der Waals surface area contributed by atoms with Crippen molar-refractivity contribution >= 4 is 23.4 Å². The van der Waals surface area contributed by atoms with Gasteiger partial charge in [0.25, 0.3) is 5.76 Å². The topological polar surface area (TPSA) is 68.0 Å². The summed E-state index contributed by atoms with van der Waals surface area (Å²) in [6, 6.07) is 14.4. The fraction of sp³-hybridized carbons (Fsp3) is 0.286. The van der Waals surface area contributed by atoms with Crippen molar-refractivity contribution in [3.63, 3.8) is 0 Å². The Kier molecular flexibility index (Phi) is 6.98. The zero-order chi connectivity index (χ0) is 20.8. The van der Waals surface area contributed by atoms with Crippen LogP contribution in [0.3, 0.4) is 0 Å². The first kappa shape index (κ1) is 21.0. The molecule has 3 rings (SSSR count). The van der Waals surface area contributed by atoms with E-state index in [0.29, 0.717) is 40.0 Å². The molecule has 1 heterocycles. The molecule has 0 unspecified atom stereocenters. The molecule has 5 nitrogen and oxygen atoms in total. The first-order valence-electron chi connectivity index (χ1n) is 9.19. The van der Waals surface area contributed by atoms with Crippen molar-refractivity contribution in [3.05, 3.63) is 60.0 Å². The highest BCUT2D eigenvalue weighted by Crippen LogP contribution is 2.31. The Morgan fingerprint density at radius 2 is 1.86 bits per heavy atom. The fourth-order valence-electron chi connectivity index (χ4n) is 2.69. The van der Waals surface area contributed by atoms with E-state index < -0.39 is 5.76 Å². The van der Waals surface area contributed by atoms with Crippen molar-refractivity contribution in [2.75, 3.05) is 5.32 Å². The molecule has 0 aliphatic heterocycles. The summed E-state index contributed by atoms with van der Waals surface area (Å²) in [4.78, 5) is 16.9. The van der Waals surface area contributed by atoms with Crippen LogP contribution in [-0.4, -0.2) is 21.8 Å². The van der Waals surface area contributed by atoms with E-state index >= 15 is 0 Å². The van der Waals surface area contributed by atoms with Gasteiger partial charge < -0.3 is 9.84 Å². The number of benzene rings is 2. The van der Waals surface area contributed by atoms with Crippen LogP contribution in [0.4, 0.5) is 14.5 Å². The number of carbonyl (C=O) groups excluding carboxylic acids is 1. The number of nitrogens with zero attached hydrogens (tertiary/aromatic N) is 2. The third-order valence-corrected chi connectivity index (χ3v) is 5.03. The predicted octanol–water partition coefficient (Wildman–Crippen LogP) is 5.75. The van der Waals surface area contributed by atoms with E-state index in [4.69, 9.17) is 4.52 Å². The number of hydrogen-bond acceptors (Lipinski definition) is 5. The summed E-state index contributed by atoms with van der Waals surface area (Å²) in [6.45, 7) is 4.24. The summed E-state index contributed by atoms with van der Waals surface area (Å²) in [6.07, 6.45) is 0.356. The lowest BCUT2D eigenvalue weighted by Crippen LogP contribution is -2.13. The van der Waals surface area contributed by atoms with Gasteiger partial charge in [-0.25, -0.2) is 0 Å². The molecule has 0 fully saturated rings. The molecule has 1 amide bonds. The van der Waals surface area contributed by atoms with Crippen LogP contribution in [0.15, 0.2) is 57.9 Å². The summed E-state index contributed by atoms with van der Waals surface area (Å²) in [5, 5.41) is 6.62. The van der Waals surface area contributed by atoms with Crippen molar-refractivity contribution in [1.82, 2.24) is 10.1 Å². The highest BCUT2D eigenvalue weighted by Gasteiger charge is 2.14. The van der Waals surface area contributed by atoms with Gasteiger partial charge in [-0.15, -0.1) is 0 Å². The second kappa shape index (κ2) is 9.65. The van der Waals surface area contributed by atoms with Crippen LogP contribution in [0, 0.1) is 0 Å². The number of aryl methyl sites for hydroxylation is 1. The molecule has 152 valence electrons. The van der Waals surface area contributed by atoms with Crippen LogP contribution in [0.25, 0.3) is 11.4 Å². The minimum absolute atomic E-state index is 0.0988. The molecule has 0 radical (unpaired) electrons. The molecule has 0 aliphatic carbocycles. The summed E-state index contributed by atoms with van der Waals surface area (Å²) in [7, 11) is 0. The number of anilines is 1. The Hall–Kier alpha value is -2.74. The lowest BCUT2D eigenvalue weighted by molar-refractivity contribution is -0.116. The van der Waals surface area contributed by atoms with Gasteiger partial charge in [-0.1, -0.05) is 67.2 Å². The number of nitrogens with one attached hydrogen (secondary N) is 1. The average molecular weight is 417 g/mol. The van der Waals surface area contributed by atoms with Gasteiger partial charge in [0.2, 0.25) is 17.6 Å². The maximum absolute atomic E-state index is 12.6. The van der Waals surface area contributed by atoms with Crippen molar-refractivity contribution < 1.29 is 18.1 Å². The second-order valence-electron chi connectivity index (χ2n) is 6.71. The van der Waals surface area contributed by atoms with E-state index in [-0.39, 0.29) is 18.7 Å². The summed E-state index contributed by atoms with van der Waals surface area (Å²) < 4.78 is 30.5. The van der Waals surface area contributed by atoms with E-state index in [1.165, 1.54) is 5.56 Å². The van der Waals surface area contributed by atoms with Crippen molar-refractivity contribution in [2.24, 2.45) is 0 Å². The Bertz CT molecular complexity index is 959. The SMILES string of the molecule is CC(C)c1ccc(-c2noc(CCC(=O)Nc3ccccc3SC(F)F)n2)cc1. The second-order valence-corrected chi connectivity index (χ2v) is 7.74. The molecule has 8 heteroatoms. The third kappa shape index (κ3) is 5.87. The van der Waals surface area contributed by atoms with Crippen LogP contribution in [0.5, 0.6) is 0 Å². The minimum Gasteiger partial charge on any atom is -0.339 e. The smallest absolute Gasteiger partial charge is 0.288 e. The van der Waals surface area contributed by atoms with Gasteiger partial charge >= 0.3 is 0 Å². The Labute approximate surface area is 171 Å². The summed E-state index contributed by atoms with van der Waals surface area (Å²) in [5.41, 5.74) is 2.42. The van der Waals surface area contributed by atoms with E-state index in [9.17, 15) is 13.6 Å². The van der Waals surface area contributed by atoms with Crippen LogP contribution >= 0.6 is 11.8 Å². The quantitative estimate of drug-likeness (QED) is 0.473. The minimum atomic E-state index is -2.56. The maximum Gasteiger partial charge on any atom is 0.288 e. The average Bonchev–Trinajstić information content (AvgIpc) is 3.17. The largest absolute Gasteiger partial charge is 0.339 e. The van der Waals surface area contributed by atoms with Gasteiger partial charge in [0.15, 0.2) is 0 Å². The van der Waals surface area contributed by atoms with Crippen molar-refractivity contribution in [3.8, 4) is 11.4 Å². The van der Waals surface area contributed by atoms with Gasteiger partial charge in [-0.05, 0) is 23.6 Å². The van der Waals surface area contributed by atoms with Gasteiger partial charge in [0, 0.05) is 23.3 Å². The molecular formula is C21H21F2N3O2S. The number of aromatic nitrogens is 2. The van der Waals surface area contributed by atoms with Crippen LogP contribution in [0.2, 0.25) is 0 Å². The monoisotopic (exact) mass is 417 g/mol. The Balaban J connectivity index is 1.58. The zero-order valence-corrected chi connectivity index (χ0v) is 16.9. The van der Waals surface area contributed by atoms with E-state index in [0.717, 1.165) is 5.56 Å². The molecule has 1 N–H and O–H groups in total. The molecular weight excluding hydrogens is 396 g/mol. The molecule has 0 saturated heterocycles. The molecule has 0 atom stereocenters. The third-order valence-electron chi connectivity index (χ3n) is 4.25. The van der Waals surface area contributed by atoms with Crippen LogP contribution in [0.1, 0.15) is 37.6 Å². The fourth-order valence-corrected chi connectivity index (χ4v) is 3.29. The van der Waals surface area contributed by atoms with Crippen molar-refractivity contribution in [1.29, 1.82) is 0 Å². The molecule has 0 aliphatic rings. The van der Waals surface area contributed by atoms with Crippen molar-refractivity contribution in [2.45, 2.75) is 43.3 Å². The van der Waals surface area contributed by atoms with Crippen LogP contribution < -0.4 is 5.32 Å². The maximum atomic E-state index is 12.6. The number of rotatable bonds is 8.